The van der Waals surface area contributed by atoms with Crippen LogP contribution in [0.25, 0.3) is 16.9 Å². The van der Waals surface area contributed by atoms with Gasteiger partial charge in [-0.3, -0.25) is 9.20 Å². The van der Waals surface area contributed by atoms with Gasteiger partial charge >= 0.3 is 0 Å². The fraction of sp³-hybridized carbons (Fsp3) is 0.250. The van der Waals surface area contributed by atoms with Crippen LogP contribution in [0.2, 0.25) is 0 Å². The van der Waals surface area contributed by atoms with Crippen LogP contribution < -0.4 is 10.2 Å². The first kappa shape index (κ1) is 19.2. The topological polar surface area (TPSA) is 75.4 Å². The summed E-state index contributed by atoms with van der Waals surface area (Å²) in [7, 11) is 0. The maximum atomic E-state index is 12.9. The predicted octanol–water partition coefficient (Wildman–Crippen LogP) is 4.34. The molecule has 4 aromatic rings. The van der Waals surface area contributed by atoms with Crippen LogP contribution in [0.5, 0.6) is 0 Å². The van der Waals surface area contributed by atoms with Gasteiger partial charge in [-0.2, -0.15) is 0 Å². The van der Waals surface area contributed by atoms with E-state index < -0.39 is 0 Å². The molecule has 0 saturated carbocycles. The number of hydrogen-bond donors (Lipinski definition) is 1. The normalized spacial score (nSPS) is 14.0. The minimum absolute atomic E-state index is 0.186. The first-order valence-corrected chi connectivity index (χ1v) is 10.6. The van der Waals surface area contributed by atoms with Crippen molar-refractivity contribution >= 4 is 23.1 Å². The number of nitrogens with zero attached hydrogens (tertiary/aromatic N) is 5. The van der Waals surface area contributed by atoms with E-state index in [0.29, 0.717) is 11.4 Å². The highest BCUT2D eigenvalue weighted by molar-refractivity contribution is 6.04. The van der Waals surface area contributed by atoms with Crippen molar-refractivity contribution in [3.63, 3.8) is 0 Å². The van der Waals surface area contributed by atoms with Crippen LogP contribution >= 0.6 is 0 Å². The summed E-state index contributed by atoms with van der Waals surface area (Å²) in [5.74, 6) is 0.755. The number of benzene rings is 1. The smallest absolute Gasteiger partial charge is 0.274 e. The van der Waals surface area contributed by atoms with Gasteiger partial charge in [-0.25, -0.2) is 4.98 Å². The fourth-order valence-electron chi connectivity index (χ4n) is 4.07. The van der Waals surface area contributed by atoms with Gasteiger partial charge in [-0.1, -0.05) is 18.2 Å². The molecule has 0 unspecified atom stereocenters. The quantitative estimate of drug-likeness (QED) is 0.540. The van der Waals surface area contributed by atoms with Crippen molar-refractivity contribution in [3.05, 3.63) is 72.2 Å². The molecule has 1 fully saturated rings. The molecule has 1 N–H and O–H groups in total. The van der Waals surface area contributed by atoms with E-state index in [4.69, 9.17) is 0 Å². The van der Waals surface area contributed by atoms with Gasteiger partial charge in [0.1, 0.15) is 11.3 Å². The van der Waals surface area contributed by atoms with Crippen molar-refractivity contribution in [2.45, 2.75) is 26.2 Å². The lowest BCUT2D eigenvalue weighted by atomic mass is 10.1. The third kappa shape index (κ3) is 3.86. The van der Waals surface area contributed by atoms with Crippen molar-refractivity contribution < 1.29 is 4.79 Å². The third-order valence-corrected chi connectivity index (χ3v) is 5.69. The fourth-order valence-corrected chi connectivity index (χ4v) is 4.07. The number of hydrogen-bond acceptors (Lipinski definition) is 5. The van der Waals surface area contributed by atoms with Crippen LogP contribution in [-0.4, -0.2) is 38.6 Å². The number of amides is 1. The van der Waals surface area contributed by atoms with Gasteiger partial charge < -0.3 is 10.2 Å². The molecular formula is C24H24N6O. The Morgan fingerprint density at radius 2 is 1.74 bits per heavy atom. The van der Waals surface area contributed by atoms with E-state index in [-0.39, 0.29) is 5.91 Å². The largest absolute Gasteiger partial charge is 0.355 e. The first-order chi connectivity index (χ1) is 15.2. The molecule has 1 aromatic carbocycles. The standard InChI is InChI=1S/C24H24N6O/c1-17-23(30-16-6-3-7-21(30)25-17)24(31)26-19-10-8-18(9-11-19)20-12-13-22(28-27-20)29-14-4-2-5-15-29/h3,6-13,16H,2,4-5,14-15H2,1H3,(H,26,31). The molecule has 7 nitrogen and oxygen atoms in total. The number of piperidine rings is 1. The Labute approximate surface area is 180 Å². The molecule has 156 valence electrons. The Kier molecular flexibility index (Phi) is 5.08. The molecular weight excluding hydrogens is 388 g/mol. The maximum absolute atomic E-state index is 12.9. The van der Waals surface area contributed by atoms with Crippen molar-refractivity contribution in [3.8, 4) is 11.3 Å². The zero-order chi connectivity index (χ0) is 21.2. The second-order valence-corrected chi connectivity index (χ2v) is 7.83. The molecule has 1 aliphatic heterocycles. The summed E-state index contributed by atoms with van der Waals surface area (Å²) in [5, 5.41) is 11.8. The van der Waals surface area contributed by atoms with Crippen LogP contribution in [0, 0.1) is 6.92 Å². The van der Waals surface area contributed by atoms with E-state index in [2.05, 4.69) is 25.4 Å². The molecule has 0 bridgehead atoms. The number of nitrogens with one attached hydrogen (secondary N) is 1. The van der Waals surface area contributed by atoms with E-state index >= 15 is 0 Å². The number of pyridine rings is 1. The Balaban J connectivity index is 1.31. The summed E-state index contributed by atoms with van der Waals surface area (Å²) in [4.78, 5) is 19.6. The van der Waals surface area contributed by atoms with E-state index in [0.717, 1.165) is 41.5 Å². The summed E-state index contributed by atoms with van der Waals surface area (Å²) >= 11 is 0. The molecule has 3 aromatic heterocycles. The van der Waals surface area contributed by atoms with Gasteiger partial charge in [-0.15, -0.1) is 10.2 Å². The summed E-state index contributed by atoms with van der Waals surface area (Å²) in [5.41, 5.74) is 4.49. The van der Waals surface area contributed by atoms with E-state index in [1.165, 1.54) is 19.3 Å². The highest BCUT2D eigenvalue weighted by Gasteiger charge is 2.17. The number of anilines is 2. The van der Waals surface area contributed by atoms with Crippen LogP contribution in [0.3, 0.4) is 0 Å². The first-order valence-electron chi connectivity index (χ1n) is 10.6. The van der Waals surface area contributed by atoms with Crippen molar-refractivity contribution in [1.29, 1.82) is 0 Å². The van der Waals surface area contributed by atoms with Crippen LogP contribution in [-0.2, 0) is 0 Å². The van der Waals surface area contributed by atoms with Gasteiger partial charge in [0.2, 0.25) is 0 Å². The predicted molar refractivity (Wildman–Crippen MR) is 121 cm³/mol. The Hall–Kier alpha value is -3.74. The number of carbonyl (C=O) groups is 1. The van der Waals surface area contributed by atoms with Crippen LogP contribution in [0.1, 0.15) is 35.4 Å². The average molecular weight is 412 g/mol. The van der Waals surface area contributed by atoms with Gasteiger partial charge in [0.05, 0.1) is 11.4 Å². The van der Waals surface area contributed by atoms with Gasteiger partial charge in [0, 0.05) is 30.5 Å². The SMILES string of the molecule is Cc1nc2ccccn2c1C(=O)Nc1ccc(-c2ccc(N3CCCCC3)nn2)cc1. The number of aryl methyl sites for hydroxylation is 1. The highest BCUT2D eigenvalue weighted by Crippen LogP contribution is 2.23. The molecule has 1 aliphatic rings. The van der Waals surface area contributed by atoms with E-state index in [1.54, 1.807) is 4.40 Å². The molecule has 1 saturated heterocycles. The lowest BCUT2D eigenvalue weighted by molar-refractivity contribution is 0.102. The number of fused-ring (bicyclic) bond motifs is 1. The second kappa shape index (κ2) is 8.18. The molecule has 0 spiro atoms. The van der Waals surface area contributed by atoms with Crippen molar-refractivity contribution in [2.24, 2.45) is 0 Å². The molecule has 7 heteroatoms. The molecule has 4 heterocycles. The Morgan fingerprint density at radius 1 is 0.935 bits per heavy atom. The van der Waals surface area contributed by atoms with Crippen molar-refractivity contribution in [1.82, 2.24) is 19.6 Å². The average Bonchev–Trinajstić information content (AvgIpc) is 3.16. The molecule has 0 atom stereocenters. The van der Waals surface area contributed by atoms with E-state index in [1.807, 2.05) is 67.7 Å². The lowest BCUT2D eigenvalue weighted by Gasteiger charge is -2.27. The summed E-state index contributed by atoms with van der Waals surface area (Å²) in [6.07, 6.45) is 5.57. The molecule has 1 amide bonds. The highest BCUT2D eigenvalue weighted by atomic mass is 16.2. The number of rotatable bonds is 4. The third-order valence-electron chi connectivity index (χ3n) is 5.69. The van der Waals surface area contributed by atoms with Crippen LogP contribution in [0.15, 0.2) is 60.8 Å². The number of carbonyl (C=O) groups excluding carboxylic acids is 1. The summed E-state index contributed by atoms with van der Waals surface area (Å²) in [6, 6.07) is 17.4. The molecule has 0 radical (unpaired) electrons. The maximum Gasteiger partial charge on any atom is 0.274 e. The number of imidazole rings is 1. The van der Waals surface area contributed by atoms with Gasteiger partial charge in [0.15, 0.2) is 5.82 Å². The zero-order valence-corrected chi connectivity index (χ0v) is 17.5. The molecule has 0 aliphatic carbocycles. The van der Waals surface area contributed by atoms with Crippen molar-refractivity contribution in [2.75, 3.05) is 23.3 Å². The minimum atomic E-state index is -0.186. The Morgan fingerprint density at radius 3 is 2.48 bits per heavy atom. The minimum Gasteiger partial charge on any atom is -0.355 e. The lowest BCUT2D eigenvalue weighted by Crippen LogP contribution is -2.30. The second-order valence-electron chi connectivity index (χ2n) is 7.83. The van der Waals surface area contributed by atoms with Gasteiger partial charge in [-0.05, 0) is 62.6 Å². The van der Waals surface area contributed by atoms with E-state index in [9.17, 15) is 4.79 Å². The van der Waals surface area contributed by atoms with Gasteiger partial charge in [0.25, 0.3) is 5.91 Å². The zero-order valence-electron chi connectivity index (χ0n) is 17.5. The van der Waals surface area contributed by atoms with Crippen LogP contribution in [0.4, 0.5) is 11.5 Å². The molecule has 5 rings (SSSR count). The Bertz CT molecular complexity index is 1210. The number of aromatic nitrogens is 4. The molecule has 31 heavy (non-hydrogen) atoms. The summed E-state index contributed by atoms with van der Waals surface area (Å²) in [6.45, 7) is 3.94. The summed E-state index contributed by atoms with van der Waals surface area (Å²) < 4.78 is 1.80. The monoisotopic (exact) mass is 412 g/mol.